The van der Waals surface area contributed by atoms with Crippen molar-refractivity contribution in [1.29, 1.82) is 0 Å². The summed E-state index contributed by atoms with van der Waals surface area (Å²) in [4.78, 5) is 12.2. The molecule has 4 heteroatoms. The summed E-state index contributed by atoms with van der Waals surface area (Å²) < 4.78 is 2.75. The van der Waals surface area contributed by atoms with Crippen LogP contribution < -0.4 is 0 Å². The van der Waals surface area contributed by atoms with Crippen molar-refractivity contribution in [2.75, 3.05) is 0 Å². The third-order valence-corrected chi connectivity index (χ3v) is 3.52. The first-order valence-corrected chi connectivity index (χ1v) is 6.63. The molecule has 0 aliphatic heterocycles. The minimum absolute atomic E-state index is 0.176. The molecular formula is C14H15BrN2O. The van der Waals surface area contributed by atoms with Gasteiger partial charge in [0.05, 0.1) is 0 Å². The molecule has 0 radical (unpaired) electrons. The molecule has 0 N–H and O–H groups in total. The number of rotatable bonds is 4. The van der Waals surface area contributed by atoms with E-state index in [1.165, 1.54) is 0 Å². The van der Waals surface area contributed by atoms with Gasteiger partial charge in [-0.3, -0.25) is 9.48 Å². The number of carbonyl (C=O) groups excluding carboxylic acids is 1. The lowest BCUT2D eigenvalue weighted by atomic mass is 10.0. The number of Topliss-reactive ketones (excluding diaryl/α,β-unsaturated/α-hetero) is 1. The van der Waals surface area contributed by atoms with Gasteiger partial charge in [0.1, 0.15) is 0 Å². The molecule has 0 saturated carbocycles. The summed E-state index contributed by atoms with van der Waals surface area (Å²) in [6.07, 6.45) is 2.99. The van der Waals surface area contributed by atoms with E-state index < -0.39 is 0 Å². The molecular weight excluding hydrogens is 292 g/mol. The minimum atomic E-state index is 0.176. The highest BCUT2D eigenvalue weighted by atomic mass is 79.9. The van der Waals surface area contributed by atoms with E-state index in [9.17, 15) is 4.79 Å². The quantitative estimate of drug-likeness (QED) is 0.812. The maximum atomic E-state index is 12.2. The van der Waals surface area contributed by atoms with E-state index in [0.29, 0.717) is 6.42 Å². The Bertz CT molecular complexity index is 575. The molecule has 3 nitrogen and oxygen atoms in total. The fourth-order valence-corrected chi connectivity index (χ4v) is 2.28. The predicted octanol–water partition coefficient (Wildman–Crippen LogP) is 3.31. The topological polar surface area (TPSA) is 34.9 Å². The molecule has 0 unspecified atom stereocenters. The molecule has 0 amide bonds. The lowest BCUT2D eigenvalue weighted by molar-refractivity contribution is 0.0981. The average Bonchev–Trinajstić information content (AvgIpc) is 2.75. The molecule has 2 aromatic rings. The van der Waals surface area contributed by atoms with Crippen LogP contribution in [0, 0.1) is 6.92 Å². The van der Waals surface area contributed by atoms with E-state index in [0.717, 1.165) is 27.7 Å². The van der Waals surface area contributed by atoms with Gasteiger partial charge in [0.15, 0.2) is 5.78 Å². The van der Waals surface area contributed by atoms with Crippen molar-refractivity contribution in [2.45, 2.75) is 19.8 Å². The third-order valence-electron chi connectivity index (χ3n) is 3.03. The van der Waals surface area contributed by atoms with Crippen molar-refractivity contribution in [3.63, 3.8) is 0 Å². The summed E-state index contributed by atoms with van der Waals surface area (Å²) >= 11 is 3.40. The number of carbonyl (C=O) groups is 1. The molecule has 94 valence electrons. The Kier molecular flexibility index (Phi) is 3.97. The van der Waals surface area contributed by atoms with Crippen molar-refractivity contribution in [2.24, 2.45) is 7.05 Å². The van der Waals surface area contributed by atoms with E-state index >= 15 is 0 Å². The molecule has 18 heavy (non-hydrogen) atoms. The van der Waals surface area contributed by atoms with Crippen molar-refractivity contribution in [3.05, 3.63) is 51.8 Å². The maximum absolute atomic E-state index is 12.2. The summed E-state index contributed by atoms with van der Waals surface area (Å²) in [7, 11) is 1.89. The predicted molar refractivity (Wildman–Crippen MR) is 74.7 cm³/mol. The molecule has 1 heterocycles. The monoisotopic (exact) mass is 306 g/mol. The van der Waals surface area contributed by atoms with Crippen molar-refractivity contribution in [3.8, 4) is 0 Å². The summed E-state index contributed by atoms with van der Waals surface area (Å²) in [5, 5.41) is 4.10. The van der Waals surface area contributed by atoms with Gasteiger partial charge in [0, 0.05) is 35.4 Å². The highest BCUT2D eigenvalue weighted by molar-refractivity contribution is 9.10. The van der Waals surface area contributed by atoms with Crippen LogP contribution in [0.15, 0.2) is 34.9 Å². The number of halogens is 1. The van der Waals surface area contributed by atoms with Crippen LogP contribution in [0.25, 0.3) is 0 Å². The van der Waals surface area contributed by atoms with Crippen molar-refractivity contribution in [1.82, 2.24) is 9.78 Å². The van der Waals surface area contributed by atoms with E-state index in [4.69, 9.17) is 0 Å². The fourth-order valence-electron chi connectivity index (χ4n) is 1.92. The number of aryl methyl sites for hydroxylation is 3. The Morgan fingerprint density at radius 2 is 2.17 bits per heavy atom. The zero-order valence-corrected chi connectivity index (χ0v) is 12.1. The second kappa shape index (κ2) is 5.48. The summed E-state index contributed by atoms with van der Waals surface area (Å²) in [5.74, 6) is 0.176. The van der Waals surface area contributed by atoms with Gasteiger partial charge in [0.2, 0.25) is 0 Å². The number of nitrogens with zero attached hydrogens (tertiary/aromatic N) is 2. The van der Waals surface area contributed by atoms with Crippen molar-refractivity contribution < 1.29 is 4.79 Å². The summed E-state index contributed by atoms with van der Waals surface area (Å²) in [6.45, 7) is 1.96. The Balaban J connectivity index is 2.08. The second-order valence-corrected chi connectivity index (χ2v) is 5.24. The van der Waals surface area contributed by atoms with Crippen LogP contribution in [0.1, 0.15) is 28.0 Å². The molecule has 2 rings (SSSR count). The van der Waals surface area contributed by atoms with Gasteiger partial charge in [-0.05, 0) is 37.1 Å². The first-order chi connectivity index (χ1) is 8.58. The normalized spacial score (nSPS) is 10.6. The van der Waals surface area contributed by atoms with Gasteiger partial charge in [-0.25, -0.2) is 0 Å². The fraction of sp³-hybridized carbons (Fsp3) is 0.286. The van der Waals surface area contributed by atoms with Gasteiger partial charge >= 0.3 is 0 Å². The number of hydrogen-bond donors (Lipinski definition) is 0. The molecule has 0 saturated heterocycles. The second-order valence-electron chi connectivity index (χ2n) is 4.33. The maximum Gasteiger partial charge on any atom is 0.163 e. The molecule has 0 bridgehead atoms. The number of ketones is 1. The lowest BCUT2D eigenvalue weighted by Gasteiger charge is -2.06. The van der Waals surface area contributed by atoms with Crippen molar-refractivity contribution >= 4 is 21.7 Å². The van der Waals surface area contributed by atoms with Crippen LogP contribution in [0.3, 0.4) is 0 Å². The zero-order valence-electron chi connectivity index (χ0n) is 10.5. The number of aromatic nitrogens is 2. The van der Waals surface area contributed by atoms with Gasteiger partial charge < -0.3 is 0 Å². The molecule has 0 spiro atoms. The molecule has 0 aliphatic rings. The van der Waals surface area contributed by atoms with Crippen LogP contribution in [0.5, 0.6) is 0 Å². The molecule has 1 aromatic heterocycles. The van der Waals surface area contributed by atoms with Crippen LogP contribution in [-0.2, 0) is 13.5 Å². The number of hydrogen-bond acceptors (Lipinski definition) is 2. The van der Waals surface area contributed by atoms with Crippen LogP contribution >= 0.6 is 15.9 Å². The molecule has 0 aliphatic carbocycles. The summed E-state index contributed by atoms with van der Waals surface area (Å²) in [5.41, 5.74) is 2.90. The largest absolute Gasteiger partial charge is 0.294 e. The Hall–Kier alpha value is -1.42. The van der Waals surface area contributed by atoms with E-state index in [1.807, 2.05) is 38.2 Å². The summed E-state index contributed by atoms with van der Waals surface area (Å²) in [6, 6.07) is 7.75. The van der Waals surface area contributed by atoms with Gasteiger partial charge in [0.25, 0.3) is 0 Å². The first kappa shape index (κ1) is 13.0. The van der Waals surface area contributed by atoms with Crippen LogP contribution in [0.2, 0.25) is 0 Å². The SMILES string of the molecule is Cc1ccc(Br)cc1C(=O)CCc1ccnn1C. The standard InChI is InChI=1S/C14H15BrN2O/c1-10-3-4-11(15)9-13(10)14(18)6-5-12-7-8-16-17(12)2/h3-4,7-9H,5-6H2,1-2H3. The van der Waals surface area contributed by atoms with Gasteiger partial charge in [-0.15, -0.1) is 0 Å². The highest BCUT2D eigenvalue weighted by Gasteiger charge is 2.10. The third kappa shape index (κ3) is 2.88. The number of benzene rings is 1. The Labute approximate surface area is 115 Å². The lowest BCUT2D eigenvalue weighted by Crippen LogP contribution is -2.06. The molecule has 0 fully saturated rings. The van der Waals surface area contributed by atoms with E-state index in [-0.39, 0.29) is 5.78 Å². The van der Waals surface area contributed by atoms with E-state index in [1.54, 1.807) is 10.9 Å². The average molecular weight is 307 g/mol. The van der Waals surface area contributed by atoms with Gasteiger partial charge in [-0.2, -0.15) is 5.10 Å². The highest BCUT2D eigenvalue weighted by Crippen LogP contribution is 2.18. The van der Waals surface area contributed by atoms with Crippen LogP contribution in [0.4, 0.5) is 0 Å². The molecule has 1 aromatic carbocycles. The minimum Gasteiger partial charge on any atom is -0.294 e. The zero-order chi connectivity index (χ0) is 13.1. The Morgan fingerprint density at radius 3 is 2.83 bits per heavy atom. The van der Waals surface area contributed by atoms with E-state index in [2.05, 4.69) is 21.0 Å². The first-order valence-electron chi connectivity index (χ1n) is 5.84. The Morgan fingerprint density at radius 1 is 1.39 bits per heavy atom. The van der Waals surface area contributed by atoms with Gasteiger partial charge in [-0.1, -0.05) is 22.0 Å². The smallest absolute Gasteiger partial charge is 0.163 e. The van der Waals surface area contributed by atoms with Crippen LogP contribution in [-0.4, -0.2) is 15.6 Å². The molecule has 0 atom stereocenters.